The molecule has 1 aromatic carbocycles. The second kappa shape index (κ2) is 8.92. The SMILES string of the molecule is Cc1nn(-c2ccc(F)cc2)c(/C=C/[C@@H](O)C[C@@H](O)CC(=O)O)c1C(C)C. The van der Waals surface area contributed by atoms with E-state index < -0.39 is 24.6 Å². The number of aliphatic hydroxyl groups excluding tert-OH is 2. The number of hydrogen-bond donors (Lipinski definition) is 3. The van der Waals surface area contributed by atoms with Crippen molar-refractivity contribution in [2.45, 2.75) is 51.7 Å². The highest BCUT2D eigenvalue weighted by molar-refractivity contribution is 5.67. The molecular weight excluding hydrogens is 351 g/mol. The maximum Gasteiger partial charge on any atom is 0.305 e. The maximum absolute atomic E-state index is 13.2. The monoisotopic (exact) mass is 376 g/mol. The van der Waals surface area contributed by atoms with Crippen LogP contribution in [0.15, 0.2) is 30.3 Å². The summed E-state index contributed by atoms with van der Waals surface area (Å²) in [5.41, 5.74) is 3.26. The Labute approximate surface area is 157 Å². The molecule has 0 aliphatic carbocycles. The molecule has 7 heteroatoms. The molecule has 27 heavy (non-hydrogen) atoms. The summed E-state index contributed by atoms with van der Waals surface area (Å²) in [5, 5.41) is 33.0. The van der Waals surface area contributed by atoms with Gasteiger partial charge in [-0.05, 0) is 43.2 Å². The molecule has 0 aliphatic heterocycles. The average molecular weight is 376 g/mol. The summed E-state index contributed by atoms with van der Waals surface area (Å²) in [4.78, 5) is 10.6. The highest BCUT2D eigenvalue weighted by Crippen LogP contribution is 2.27. The van der Waals surface area contributed by atoms with Gasteiger partial charge in [0.2, 0.25) is 0 Å². The second-order valence-electron chi connectivity index (χ2n) is 6.84. The van der Waals surface area contributed by atoms with E-state index >= 15 is 0 Å². The maximum atomic E-state index is 13.2. The first-order valence-electron chi connectivity index (χ1n) is 8.80. The third-order valence-corrected chi connectivity index (χ3v) is 4.19. The number of halogens is 1. The third kappa shape index (κ3) is 5.48. The number of aliphatic hydroxyl groups is 2. The molecule has 0 fully saturated rings. The van der Waals surface area contributed by atoms with E-state index in [0.29, 0.717) is 5.69 Å². The van der Waals surface area contributed by atoms with Gasteiger partial charge in [0.05, 0.1) is 35.7 Å². The highest BCUT2D eigenvalue weighted by atomic mass is 19.1. The minimum Gasteiger partial charge on any atom is -0.481 e. The van der Waals surface area contributed by atoms with Gasteiger partial charge in [-0.1, -0.05) is 19.9 Å². The fraction of sp³-hybridized carbons (Fsp3) is 0.400. The lowest BCUT2D eigenvalue weighted by Crippen LogP contribution is -2.19. The summed E-state index contributed by atoms with van der Waals surface area (Å²) in [6, 6.07) is 5.95. The summed E-state index contributed by atoms with van der Waals surface area (Å²) in [6.07, 6.45) is 0.578. The first kappa shape index (κ1) is 20.8. The summed E-state index contributed by atoms with van der Waals surface area (Å²) >= 11 is 0. The van der Waals surface area contributed by atoms with E-state index in [1.54, 1.807) is 22.9 Å². The van der Waals surface area contributed by atoms with Crippen LogP contribution in [0.5, 0.6) is 0 Å². The number of aryl methyl sites for hydroxylation is 1. The smallest absolute Gasteiger partial charge is 0.305 e. The number of carboxylic acid groups (broad SMARTS) is 1. The molecule has 2 atom stereocenters. The summed E-state index contributed by atoms with van der Waals surface area (Å²) in [7, 11) is 0. The molecule has 0 saturated carbocycles. The Morgan fingerprint density at radius 3 is 2.44 bits per heavy atom. The number of hydrogen-bond acceptors (Lipinski definition) is 4. The van der Waals surface area contributed by atoms with Crippen molar-refractivity contribution in [1.29, 1.82) is 0 Å². The third-order valence-electron chi connectivity index (χ3n) is 4.19. The van der Waals surface area contributed by atoms with E-state index in [-0.39, 0.29) is 18.2 Å². The van der Waals surface area contributed by atoms with E-state index in [2.05, 4.69) is 5.10 Å². The normalized spacial score (nSPS) is 14.0. The summed E-state index contributed by atoms with van der Waals surface area (Å²) in [5.74, 6) is -1.29. The Kier molecular flexibility index (Phi) is 6.87. The molecule has 3 N–H and O–H groups in total. The van der Waals surface area contributed by atoms with Gasteiger partial charge < -0.3 is 15.3 Å². The van der Waals surface area contributed by atoms with Gasteiger partial charge in [-0.15, -0.1) is 0 Å². The van der Waals surface area contributed by atoms with E-state index in [0.717, 1.165) is 17.0 Å². The van der Waals surface area contributed by atoms with Crippen molar-refractivity contribution in [2.24, 2.45) is 0 Å². The molecule has 2 rings (SSSR count). The molecule has 6 nitrogen and oxygen atoms in total. The van der Waals surface area contributed by atoms with Gasteiger partial charge in [-0.25, -0.2) is 9.07 Å². The second-order valence-corrected chi connectivity index (χ2v) is 6.84. The molecule has 1 aromatic heterocycles. The molecule has 0 bridgehead atoms. The van der Waals surface area contributed by atoms with Crippen LogP contribution in [-0.2, 0) is 4.79 Å². The molecule has 0 aliphatic rings. The van der Waals surface area contributed by atoms with Crippen molar-refractivity contribution in [1.82, 2.24) is 9.78 Å². The van der Waals surface area contributed by atoms with Crippen LogP contribution < -0.4 is 0 Å². The van der Waals surface area contributed by atoms with Crippen LogP contribution in [0.25, 0.3) is 11.8 Å². The Morgan fingerprint density at radius 1 is 1.26 bits per heavy atom. The van der Waals surface area contributed by atoms with Crippen LogP contribution in [0, 0.1) is 12.7 Å². The van der Waals surface area contributed by atoms with E-state index in [1.807, 2.05) is 20.8 Å². The van der Waals surface area contributed by atoms with Gasteiger partial charge >= 0.3 is 5.97 Å². The van der Waals surface area contributed by atoms with Gasteiger partial charge in [0.15, 0.2) is 0 Å². The lowest BCUT2D eigenvalue weighted by atomic mass is 9.99. The molecule has 146 valence electrons. The molecule has 2 aromatic rings. The zero-order valence-electron chi connectivity index (χ0n) is 15.6. The average Bonchev–Trinajstić information content (AvgIpc) is 2.89. The number of benzene rings is 1. The Hall–Kier alpha value is -2.51. The first-order valence-corrected chi connectivity index (χ1v) is 8.80. The highest BCUT2D eigenvalue weighted by Gasteiger charge is 2.18. The quantitative estimate of drug-likeness (QED) is 0.658. The number of nitrogens with zero attached hydrogens (tertiary/aromatic N) is 2. The standard InChI is InChI=1S/C20H25FN2O4/c1-12(2)20-13(3)22-23(15-6-4-14(21)5-7-15)18(20)9-8-16(24)10-17(25)11-19(26)27/h4-9,12,16-17,24-25H,10-11H2,1-3H3,(H,26,27)/b9-8+/t16-,17-/m1/s1. The van der Waals surface area contributed by atoms with Crippen LogP contribution in [-0.4, -0.2) is 43.3 Å². The van der Waals surface area contributed by atoms with Crippen LogP contribution in [0.3, 0.4) is 0 Å². The zero-order valence-corrected chi connectivity index (χ0v) is 15.6. The van der Waals surface area contributed by atoms with Crippen molar-refractivity contribution in [3.8, 4) is 5.69 Å². The van der Waals surface area contributed by atoms with Crippen LogP contribution in [0.1, 0.15) is 49.6 Å². The lowest BCUT2D eigenvalue weighted by Gasteiger charge is -2.12. The van der Waals surface area contributed by atoms with Gasteiger partial charge in [0, 0.05) is 12.0 Å². The minimum atomic E-state index is -1.13. The fourth-order valence-corrected chi connectivity index (χ4v) is 3.05. The molecule has 1 heterocycles. The van der Waals surface area contributed by atoms with Gasteiger partial charge in [-0.3, -0.25) is 4.79 Å². The largest absolute Gasteiger partial charge is 0.481 e. The van der Waals surface area contributed by atoms with Crippen LogP contribution in [0.2, 0.25) is 0 Å². The van der Waals surface area contributed by atoms with Gasteiger partial charge in [0.25, 0.3) is 0 Å². The van der Waals surface area contributed by atoms with Crippen LogP contribution in [0.4, 0.5) is 4.39 Å². The Balaban J connectivity index is 2.33. The van der Waals surface area contributed by atoms with Gasteiger partial charge in [-0.2, -0.15) is 5.10 Å². The van der Waals surface area contributed by atoms with Crippen molar-refractivity contribution in [3.05, 3.63) is 53.1 Å². The van der Waals surface area contributed by atoms with E-state index in [1.165, 1.54) is 18.2 Å². The Bertz CT molecular complexity index is 812. The topological polar surface area (TPSA) is 95.6 Å². The number of aliphatic carboxylic acids is 1. The molecule has 0 amide bonds. The minimum absolute atomic E-state index is 0.0799. The molecule has 0 spiro atoms. The number of rotatable bonds is 8. The van der Waals surface area contributed by atoms with Crippen molar-refractivity contribution in [2.75, 3.05) is 0 Å². The van der Waals surface area contributed by atoms with Gasteiger partial charge in [0.1, 0.15) is 5.82 Å². The summed E-state index contributed by atoms with van der Waals surface area (Å²) in [6.45, 7) is 5.95. The predicted molar refractivity (Wildman–Crippen MR) is 100 cm³/mol. The molecular formula is C20H25FN2O4. The zero-order chi connectivity index (χ0) is 20.1. The Morgan fingerprint density at radius 2 is 1.89 bits per heavy atom. The molecule has 0 radical (unpaired) electrons. The van der Waals surface area contributed by atoms with Crippen LogP contribution >= 0.6 is 0 Å². The van der Waals surface area contributed by atoms with E-state index in [4.69, 9.17) is 5.11 Å². The lowest BCUT2D eigenvalue weighted by molar-refractivity contribution is -0.139. The fourth-order valence-electron chi connectivity index (χ4n) is 3.05. The first-order chi connectivity index (χ1) is 12.7. The van der Waals surface area contributed by atoms with Crippen molar-refractivity contribution < 1.29 is 24.5 Å². The number of carboxylic acids is 1. The van der Waals surface area contributed by atoms with Crippen molar-refractivity contribution >= 4 is 12.0 Å². The summed E-state index contributed by atoms with van der Waals surface area (Å²) < 4.78 is 14.9. The van der Waals surface area contributed by atoms with E-state index in [9.17, 15) is 19.4 Å². The predicted octanol–water partition coefficient (Wildman–Crippen LogP) is 3.04. The van der Waals surface area contributed by atoms with Crippen molar-refractivity contribution in [3.63, 3.8) is 0 Å². The number of carbonyl (C=O) groups is 1. The number of aromatic nitrogens is 2. The molecule has 0 unspecified atom stereocenters. The molecule has 0 saturated heterocycles.